The van der Waals surface area contributed by atoms with Crippen LogP contribution in [0.25, 0.3) is 11.1 Å². The summed E-state index contributed by atoms with van der Waals surface area (Å²) in [5.74, 6) is 0.215. The maximum Gasteiger partial charge on any atom is 0.303 e. The fourth-order valence-corrected chi connectivity index (χ4v) is 3.01. The fourth-order valence-electron chi connectivity index (χ4n) is 3.01. The second-order valence-corrected chi connectivity index (χ2v) is 6.08. The predicted molar refractivity (Wildman–Crippen MR) is 104 cm³/mol. The number of phenols is 1. The number of hydrogen-bond donors (Lipinski definition) is 2. The highest BCUT2D eigenvalue weighted by Crippen LogP contribution is 2.32. The van der Waals surface area contributed by atoms with Gasteiger partial charge in [0.15, 0.2) is 0 Å². The maximum atomic E-state index is 10.5. The Morgan fingerprint density at radius 3 is 1.85 bits per heavy atom. The van der Waals surface area contributed by atoms with Gasteiger partial charge in [0.25, 0.3) is 0 Å². The highest BCUT2D eigenvalue weighted by atomic mass is 16.5. The summed E-state index contributed by atoms with van der Waals surface area (Å²) in [4.78, 5) is 10.5. The molecule has 0 unspecified atom stereocenters. The molecule has 2 aromatic rings. The largest absolute Gasteiger partial charge is 0.508 e. The minimum atomic E-state index is -0.803. The minimum Gasteiger partial charge on any atom is -0.508 e. The van der Waals surface area contributed by atoms with Crippen LogP contribution in [0.5, 0.6) is 11.5 Å². The van der Waals surface area contributed by atoms with E-state index in [0.717, 1.165) is 29.7 Å². The van der Waals surface area contributed by atoms with Gasteiger partial charge in [-0.2, -0.15) is 0 Å². The number of benzene rings is 2. The number of aliphatic carboxylic acids is 1. The SMILES string of the molecule is CC/C(=C(/CC)c1ccc(OCCCC(=O)O)cc1)c1ccc(O)cc1. The van der Waals surface area contributed by atoms with Gasteiger partial charge in [0.05, 0.1) is 6.61 Å². The van der Waals surface area contributed by atoms with Gasteiger partial charge in [-0.15, -0.1) is 0 Å². The number of hydrogen-bond acceptors (Lipinski definition) is 3. The number of rotatable bonds is 9. The van der Waals surface area contributed by atoms with Crippen molar-refractivity contribution < 1.29 is 19.7 Å². The Bertz CT molecular complexity index is 743. The lowest BCUT2D eigenvalue weighted by molar-refractivity contribution is -0.137. The molecule has 0 aliphatic rings. The Morgan fingerprint density at radius 2 is 1.38 bits per heavy atom. The van der Waals surface area contributed by atoms with Crippen molar-refractivity contribution in [3.8, 4) is 11.5 Å². The van der Waals surface area contributed by atoms with Crippen LogP contribution in [0.2, 0.25) is 0 Å². The van der Waals surface area contributed by atoms with Gasteiger partial charge in [0.2, 0.25) is 0 Å². The molecule has 4 heteroatoms. The van der Waals surface area contributed by atoms with Crippen LogP contribution in [0.1, 0.15) is 50.7 Å². The van der Waals surface area contributed by atoms with Crippen molar-refractivity contribution >= 4 is 17.1 Å². The molecular formula is C22H26O4. The van der Waals surface area contributed by atoms with Crippen LogP contribution in [0.4, 0.5) is 0 Å². The van der Waals surface area contributed by atoms with Crippen molar-refractivity contribution in [1.82, 2.24) is 0 Å². The van der Waals surface area contributed by atoms with E-state index in [9.17, 15) is 9.90 Å². The summed E-state index contributed by atoms with van der Waals surface area (Å²) >= 11 is 0. The number of aromatic hydroxyl groups is 1. The van der Waals surface area contributed by atoms with E-state index in [1.807, 2.05) is 36.4 Å². The second kappa shape index (κ2) is 9.66. The van der Waals surface area contributed by atoms with Crippen molar-refractivity contribution in [2.75, 3.05) is 6.61 Å². The zero-order valence-corrected chi connectivity index (χ0v) is 15.4. The zero-order chi connectivity index (χ0) is 18.9. The third-order valence-corrected chi connectivity index (χ3v) is 4.29. The topological polar surface area (TPSA) is 66.8 Å². The number of phenolic OH excluding ortho intramolecular Hbond substituents is 1. The van der Waals surface area contributed by atoms with Crippen LogP contribution in [0.3, 0.4) is 0 Å². The molecule has 2 rings (SSSR count). The van der Waals surface area contributed by atoms with E-state index in [1.165, 1.54) is 11.1 Å². The molecule has 0 fully saturated rings. The van der Waals surface area contributed by atoms with E-state index >= 15 is 0 Å². The van der Waals surface area contributed by atoms with Gasteiger partial charge in [-0.1, -0.05) is 38.1 Å². The first-order valence-corrected chi connectivity index (χ1v) is 9.01. The number of carboxylic acids is 1. The Balaban J connectivity index is 2.17. The molecule has 0 spiro atoms. The molecule has 4 nitrogen and oxygen atoms in total. The lowest BCUT2D eigenvalue weighted by Gasteiger charge is -2.15. The van der Waals surface area contributed by atoms with Crippen molar-refractivity contribution in [3.05, 3.63) is 59.7 Å². The molecule has 0 saturated heterocycles. The third-order valence-electron chi connectivity index (χ3n) is 4.29. The van der Waals surface area contributed by atoms with E-state index in [2.05, 4.69) is 13.8 Å². The average Bonchev–Trinajstić information content (AvgIpc) is 2.65. The molecule has 138 valence electrons. The Labute approximate surface area is 154 Å². The molecule has 2 N–H and O–H groups in total. The first-order chi connectivity index (χ1) is 12.5. The van der Waals surface area contributed by atoms with E-state index in [0.29, 0.717) is 13.0 Å². The predicted octanol–water partition coefficient (Wildman–Crippen LogP) is 5.37. The molecule has 0 heterocycles. The number of carboxylic acid groups (broad SMARTS) is 1. The quantitative estimate of drug-likeness (QED) is 0.469. The van der Waals surface area contributed by atoms with Crippen LogP contribution < -0.4 is 4.74 Å². The summed E-state index contributed by atoms with van der Waals surface area (Å²) in [6, 6.07) is 15.3. The van der Waals surface area contributed by atoms with Gasteiger partial charge < -0.3 is 14.9 Å². The lowest BCUT2D eigenvalue weighted by Crippen LogP contribution is -2.02. The Hall–Kier alpha value is -2.75. The molecule has 26 heavy (non-hydrogen) atoms. The summed E-state index contributed by atoms with van der Waals surface area (Å²) in [6.07, 6.45) is 2.43. The molecule has 0 atom stereocenters. The lowest BCUT2D eigenvalue weighted by atomic mass is 9.91. The van der Waals surface area contributed by atoms with E-state index < -0.39 is 5.97 Å². The number of ether oxygens (including phenoxy) is 1. The van der Waals surface area contributed by atoms with E-state index in [1.54, 1.807) is 12.1 Å². The van der Waals surface area contributed by atoms with Gasteiger partial charge in [-0.05, 0) is 65.8 Å². The fraction of sp³-hybridized carbons (Fsp3) is 0.318. The Morgan fingerprint density at radius 1 is 0.885 bits per heavy atom. The van der Waals surface area contributed by atoms with Gasteiger partial charge >= 0.3 is 5.97 Å². The summed E-state index contributed by atoms with van der Waals surface area (Å²) in [6.45, 7) is 4.68. The number of allylic oxidation sites excluding steroid dienone is 2. The molecule has 0 aliphatic carbocycles. The van der Waals surface area contributed by atoms with Gasteiger partial charge in [-0.3, -0.25) is 4.79 Å². The summed E-state index contributed by atoms with van der Waals surface area (Å²) in [7, 11) is 0. The first kappa shape index (κ1) is 19.6. The van der Waals surface area contributed by atoms with Crippen molar-refractivity contribution in [2.45, 2.75) is 39.5 Å². The number of carbonyl (C=O) groups is 1. The van der Waals surface area contributed by atoms with E-state index in [4.69, 9.17) is 9.84 Å². The van der Waals surface area contributed by atoms with Crippen LogP contribution in [0.15, 0.2) is 48.5 Å². The summed E-state index contributed by atoms with van der Waals surface area (Å²) in [5, 5.41) is 18.2. The zero-order valence-electron chi connectivity index (χ0n) is 15.4. The Kier molecular flexibility index (Phi) is 7.27. The van der Waals surface area contributed by atoms with Crippen LogP contribution in [0, 0.1) is 0 Å². The third kappa shape index (κ3) is 5.38. The highest BCUT2D eigenvalue weighted by Gasteiger charge is 2.09. The summed E-state index contributed by atoms with van der Waals surface area (Å²) in [5.41, 5.74) is 4.81. The molecule has 0 amide bonds. The summed E-state index contributed by atoms with van der Waals surface area (Å²) < 4.78 is 5.60. The molecule has 0 radical (unpaired) electrons. The van der Waals surface area contributed by atoms with E-state index in [-0.39, 0.29) is 12.2 Å². The smallest absolute Gasteiger partial charge is 0.303 e. The van der Waals surface area contributed by atoms with Gasteiger partial charge in [0, 0.05) is 6.42 Å². The van der Waals surface area contributed by atoms with Crippen molar-refractivity contribution in [2.24, 2.45) is 0 Å². The van der Waals surface area contributed by atoms with Gasteiger partial charge in [0.1, 0.15) is 11.5 Å². The standard InChI is InChI=1S/C22H26O4/c1-3-20(16-7-11-18(23)12-8-16)21(4-2)17-9-13-19(14-10-17)26-15-5-6-22(24)25/h7-14,23H,3-6,15H2,1-2H3,(H,24,25)/b21-20+. The normalized spacial score (nSPS) is 11.8. The molecule has 0 bridgehead atoms. The second-order valence-electron chi connectivity index (χ2n) is 6.08. The first-order valence-electron chi connectivity index (χ1n) is 9.01. The van der Waals surface area contributed by atoms with Crippen molar-refractivity contribution in [3.63, 3.8) is 0 Å². The van der Waals surface area contributed by atoms with Crippen LogP contribution in [-0.4, -0.2) is 22.8 Å². The molecule has 0 aliphatic heterocycles. The van der Waals surface area contributed by atoms with Gasteiger partial charge in [-0.25, -0.2) is 0 Å². The van der Waals surface area contributed by atoms with Crippen LogP contribution in [-0.2, 0) is 4.79 Å². The molecule has 0 aromatic heterocycles. The van der Waals surface area contributed by atoms with Crippen LogP contribution >= 0.6 is 0 Å². The maximum absolute atomic E-state index is 10.5. The average molecular weight is 354 g/mol. The molecular weight excluding hydrogens is 328 g/mol. The minimum absolute atomic E-state index is 0.118. The highest BCUT2D eigenvalue weighted by molar-refractivity contribution is 5.90. The molecule has 0 saturated carbocycles. The monoisotopic (exact) mass is 354 g/mol. The molecule has 2 aromatic carbocycles. The van der Waals surface area contributed by atoms with Crippen molar-refractivity contribution in [1.29, 1.82) is 0 Å².